The van der Waals surface area contributed by atoms with Crippen molar-refractivity contribution in [3.8, 4) is 0 Å². The molecule has 2 N–H and O–H groups in total. The third kappa shape index (κ3) is 4.00. The first-order valence-electron chi connectivity index (χ1n) is 12.9. The zero-order chi connectivity index (χ0) is 24.3. The first-order valence-corrected chi connectivity index (χ1v) is 13.3. The lowest BCUT2D eigenvalue weighted by Crippen LogP contribution is -3.11. The summed E-state index contributed by atoms with van der Waals surface area (Å²) < 4.78 is 1.67. The predicted molar refractivity (Wildman–Crippen MR) is 132 cm³/mol. The van der Waals surface area contributed by atoms with E-state index >= 15 is 0 Å². The molecular formula is C25H32N6O3S. The number of rotatable bonds is 4. The van der Waals surface area contributed by atoms with Crippen molar-refractivity contribution in [3.63, 3.8) is 0 Å². The van der Waals surface area contributed by atoms with Gasteiger partial charge in [-0.2, -0.15) is 9.97 Å². The topological polar surface area (TPSA) is 108 Å². The Morgan fingerprint density at radius 1 is 1.20 bits per heavy atom. The highest BCUT2D eigenvalue weighted by atomic mass is 32.1. The Bertz CT molecular complexity index is 1220. The molecule has 5 aliphatic rings. The van der Waals surface area contributed by atoms with Gasteiger partial charge in [0.2, 0.25) is 5.43 Å². The number of fused-ring (bicyclic) bond motifs is 1. The summed E-state index contributed by atoms with van der Waals surface area (Å²) >= 11 is 5.89. The van der Waals surface area contributed by atoms with Crippen LogP contribution >= 0.6 is 12.2 Å². The van der Waals surface area contributed by atoms with Gasteiger partial charge >= 0.3 is 5.95 Å². The second-order valence-electron chi connectivity index (χ2n) is 11.1. The number of hydrogen-bond donors (Lipinski definition) is 2. The highest BCUT2D eigenvalue weighted by Gasteiger charge is 2.51. The van der Waals surface area contributed by atoms with Gasteiger partial charge in [-0.15, -0.1) is 0 Å². The first kappa shape index (κ1) is 22.8. The lowest BCUT2D eigenvalue weighted by Gasteiger charge is -2.57. The van der Waals surface area contributed by atoms with Crippen LogP contribution in [0.2, 0.25) is 0 Å². The number of hydrogen-bond acceptors (Lipinski definition) is 6. The van der Waals surface area contributed by atoms with E-state index in [-0.39, 0.29) is 16.5 Å². The molecular weight excluding hydrogens is 464 g/mol. The molecule has 0 spiro atoms. The molecule has 0 unspecified atom stereocenters. The summed E-state index contributed by atoms with van der Waals surface area (Å²) in [5.74, 6) is 1.78. The van der Waals surface area contributed by atoms with Crippen LogP contribution < -0.4 is 20.8 Å². The lowest BCUT2D eigenvalue weighted by molar-refractivity contribution is -0.842. The molecule has 0 atom stereocenters. The van der Waals surface area contributed by atoms with Gasteiger partial charge in [0.1, 0.15) is 13.1 Å². The molecule has 0 radical (unpaired) electrons. The number of carbonyl (C=O) groups is 1. The number of thiocarbonyl (C=S) groups is 1. The normalized spacial score (nSPS) is 30.1. The predicted octanol–water partition coefficient (Wildman–Crippen LogP) is -0.150. The van der Waals surface area contributed by atoms with Crippen molar-refractivity contribution < 1.29 is 14.8 Å². The van der Waals surface area contributed by atoms with Crippen molar-refractivity contribution in [1.82, 2.24) is 24.8 Å². The van der Waals surface area contributed by atoms with E-state index in [1.165, 1.54) is 50.9 Å². The lowest BCUT2D eigenvalue weighted by atomic mass is 9.53. The minimum absolute atomic E-state index is 0.205. The zero-order valence-electron chi connectivity index (χ0n) is 20.1. The molecule has 35 heavy (non-hydrogen) atoms. The molecule has 1 aliphatic heterocycles. The van der Waals surface area contributed by atoms with E-state index in [2.05, 4.69) is 20.2 Å². The molecule has 9 nitrogen and oxygen atoms in total. The SMILES string of the molecule is CCn1cc(C(=O)[O-])c(=O)c2cnc([NH+]3CCN(C(=S)NC45CC6CC(CC(C6)C4)C5)CC3)nc21. The number of nitrogens with one attached hydrogen (secondary N) is 2. The molecule has 4 bridgehead atoms. The van der Waals surface area contributed by atoms with E-state index in [0.717, 1.165) is 53.9 Å². The van der Waals surface area contributed by atoms with Crippen molar-refractivity contribution in [3.05, 3.63) is 28.2 Å². The van der Waals surface area contributed by atoms with Gasteiger partial charge < -0.3 is 24.7 Å². The molecule has 186 valence electrons. The molecule has 4 saturated carbocycles. The smallest absolute Gasteiger partial charge is 0.329 e. The Morgan fingerprint density at radius 3 is 2.40 bits per heavy atom. The van der Waals surface area contributed by atoms with Crippen LogP contribution in [0, 0.1) is 17.8 Å². The maximum Gasteiger partial charge on any atom is 0.329 e. The minimum Gasteiger partial charge on any atom is -0.545 e. The number of carboxylic acid groups (broad SMARTS) is 1. The molecule has 7 rings (SSSR count). The fourth-order valence-electron chi connectivity index (χ4n) is 7.50. The van der Waals surface area contributed by atoms with Gasteiger partial charge in [-0.1, -0.05) is 0 Å². The van der Waals surface area contributed by atoms with Gasteiger partial charge in [-0.05, 0) is 75.4 Å². The summed E-state index contributed by atoms with van der Waals surface area (Å²) in [6.07, 6.45) is 10.8. The third-order valence-electron chi connectivity index (χ3n) is 8.76. The van der Waals surface area contributed by atoms with Gasteiger partial charge in [-0.3, -0.25) is 9.69 Å². The second-order valence-corrected chi connectivity index (χ2v) is 11.5. The van der Waals surface area contributed by atoms with E-state index in [4.69, 9.17) is 12.2 Å². The van der Waals surface area contributed by atoms with Crippen LogP contribution in [0.5, 0.6) is 0 Å². The summed E-state index contributed by atoms with van der Waals surface area (Å²) in [7, 11) is 0. The highest BCUT2D eigenvalue weighted by molar-refractivity contribution is 7.80. The number of pyridine rings is 1. The highest BCUT2D eigenvalue weighted by Crippen LogP contribution is 2.55. The Hall–Kier alpha value is -2.59. The van der Waals surface area contributed by atoms with Crippen LogP contribution in [-0.4, -0.2) is 62.2 Å². The standard InChI is InChI=1S/C25H32N6O3S/c1-2-29-14-19(22(33)34)20(32)18-13-26-23(27-21(18)29)30-3-5-31(6-4-30)24(35)28-25-10-15-7-16(11-25)9-17(8-15)12-25/h13-17H,2-12H2,1H3,(H,28,35)(H,33,34). The van der Waals surface area contributed by atoms with E-state index in [1.807, 2.05) is 6.92 Å². The summed E-state index contributed by atoms with van der Waals surface area (Å²) in [6.45, 7) is 5.62. The van der Waals surface area contributed by atoms with Crippen molar-refractivity contribution in [2.24, 2.45) is 17.8 Å². The molecule has 2 aromatic heterocycles. The number of piperazine rings is 1. The number of nitrogens with zero attached hydrogens (tertiary/aromatic N) is 4. The molecule has 0 amide bonds. The Morgan fingerprint density at radius 2 is 1.83 bits per heavy atom. The van der Waals surface area contributed by atoms with Crippen LogP contribution in [0.1, 0.15) is 55.8 Å². The average Bonchev–Trinajstić information content (AvgIpc) is 2.83. The number of aromatic nitrogens is 3. The Balaban J connectivity index is 1.15. The molecule has 0 aromatic carbocycles. The molecule has 4 aliphatic carbocycles. The molecule has 5 fully saturated rings. The monoisotopic (exact) mass is 496 g/mol. The summed E-state index contributed by atoms with van der Waals surface area (Å²) in [5.41, 5.74) is -0.291. The number of carboxylic acids is 1. The molecule has 3 heterocycles. The van der Waals surface area contributed by atoms with Crippen LogP contribution in [0.15, 0.2) is 17.2 Å². The quantitative estimate of drug-likeness (QED) is 0.563. The van der Waals surface area contributed by atoms with Crippen molar-refractivity contribution in [2.75, 3.05) is 26.2 Å². The van der Waals surface area contributed by atoms with Crippen molar-refractivity contribution >= 4 is 40.3 Å². The van der Waals surface area contributed by atoms with E-state index < -0.39 is 11.4 Å². The summed E-state index contributed by atoms with van der Waals surface area (Å²) in [4.78, 5) is 36.5. The second kappa shape index (κ2) is 8.51. The van der Waals surface area contributed by atoms with Crippen LogP contribution in [-0.2, 0) is 6.54 Å². The minimum atomic E-state index is -1.48. The van der Waals surface area contributed by atoms with Crippen molar-refractivity contribution in [2.45, 2.75) is 57.5 Å². The van der Waals surface area contributed by atoms with Crippen LogP contribution in [0.3, 0.4) is 0 Å². The Kier molecular flexibility index (Phi) is 5.56. The van der Waals surface area contributed by atoms with E-state index in [9.17, 15) is 14.7 Å². The zero-order valence-corrected chi connectivity index (χ0v) is 20.9. The van der Waals surface area contributed by atoms with E-state index in [1.54, 1.807) is 4.57 Å². The number of aryl methyl sites for hydroxylation is 1. The maximum atomic E-state index is 12.6. The van der Waals surface area contributed by atoms with Crippen LogP contribution in [0.4, 0.5) is 5.95 Å². The van der Waals surface area contributed by atoms with Gasteiger partial charge in [0.25, 0.3) is 0 Å². The fraction of sp³-hybridized carbons (Fsp3) is 0.640. The number of aromatic carboxylic acids is 1. The molecule has 2 aromatic rings. The number of quaternary nitrogens is 1. The van der Waals surface area contributed by atoms with Crippen molar-refractivity contribution in [1.29, 1.82) is 0 Å². The largest absolute Gasteiger partial charge is 0.545 e. The van der Waals surface area contributed by atoms with Crippen LogP contribution in [0.25, 0.3) is 11.0 Å². The average molecular weight is 497 g/mol. The van der Waals surface area contributed by atoms with Gasteiger partial charge in [0, 0.05) is 24.5 Å². The first-order chi connectivity index (χ1) is 16.8. The fourth-order valence-corrected chi connectivity index (χ4v) is 7.90. The maximum absolute atomic E-state index is 12.6. The van der Waals surface area contributed by atoms with E-state index in [0.29, 0.717) is 18.1 Å². The third-order valence-corrected chi connectivity index (χ3v) is 9.12. The summed E-state index contributed by atoms with van der Waals surface area (Å²) in [5, 5.41) is 16.3. The molecule has 1 saturated heterocycles. The van der Waals surface area contributed by atoms with Gasteiger partial charge in [-0.25, -0.2) is 0 Å². The Labute approximate surface area is 209 Å². The molecule has 10 heteroatoms. The van der Waals surface area contributed by atoms with Gasteiger partial charge in [0.05, 0.1) is 30.0 Å². The number of carbonyl (C=O) groups excluding carboxylic acids is 1. The summed E-state index contributed by atoms with van der Waals surface area (Å²) in [6, 6.07) is 0. The van der Waals surface area contributed by atoms with Gasteiger partial charge in [0.15, 0.2) is 10.8 Å².